The Hall–Kier alpha value is -1.43. The van der Waals surface area contributed by atoms with Gasteiger partial charge >= 0.3 is 0 Å². The van der Waals surface area contributed by atoms with Crippen LogP contribution >= 0.6 is 0 Å². The minimum atomic E-state index is -3.45. The van der Waals surface area contributed by atoms with Gasteiger partial charge in [0.25, 0.3) is 0 Å². The highest BCUT2D eigenvalue weighted by atomic mass is 32.2. The fraction of sp³-hybridized carbons (Fsp3) is 0.562. The second-order valence-electron chi connectivity index (χ2n) is 5.68. The summed E-state index contributed by atoms with van der Waals surface area (Å²) in [4.78, 5) is 13.9. The molecule has 1 aromatic carbocycles. The molecular weight excluding hydrogens is 305 g/mol. The molecule has 22 heavy (non-hydrogen) atoms. The van der Waals surface area contributed by atoms with E-state index in [1.54, 1.807) is 4.90 Å². The first-order valence-corrected chi connectivity index (χ1v) is 9.27. The summed E-state index contributed by atoms with van der Waals surface area (Å²) in [6, 6.07) is 4.94. The van der Waals surface area contributed by atoms with Gasteiger partial charge in [-0.1, -0.05) is 13.3 Å². The van der Waals surface area contributed by atoms with Crippen LogP contribution in [0.15, 0.2) is 29.2 Å². The third-order valence-corrected chi connectivity index (χ3v) is 6.40. The van der Waals surface area contributed by atoms with Gasteiger partial charge in [-0.05, 0) is 43.5 Å². The number of piperidine rings is 1. The van der Waals surface area contributed by atoms with Crippen molar-refractivity contribution in [3.63, 3.8) is 0 Å². The molecule has 1 amide bonds. The number of benzene rings is 1. The summed E-state index contributed by atoms with van der Waals surface area (Å²) in [7, 11) is -3.45. The molecule has 1 aliphatic rings. The van der Waals surface area contributed by atoms with Crippen LogP contribution in [0.5, 0.6) is 0 Å². The molecular formula is C16H22FNO3S. The van der Waals surface area contributed by atoms with E-state index in [0.29, 0.717) is 32.4 Å². The molecule has 0 bridgehead atoms. The minimum absolute atomic E-state index is 0.111. The summed E-state index contributed by atoms with van der Waals surface area (Å²) >= 11 is 0. The molecule has 6 heteroatoms. The molecule has 0 N–H and O–H groups in total. The van der Waals surface area contributed by atoms with Crippen molar-refractivity contribution >= 4 is 15.7 Å². The highest BCUT2D eigenvalue weighted by molar-refractivity contribution is 7.92. The van der Waals surface area contributed by atoms with Gasteiger partial charge in [-0.2, -0.15) is 0 Å². The Morgan fingerprint density at radius 3 is 2.36 bits per heavy atom. The van der Waals surface area contributed by atoms with Crippen molar-refractivity contribution < 1.29 is 17.6 Å². The molecule has 1 heterocycles. The molecule has 1 aliphatic heterocycles. The van der Waals surface area contributed by atoms with E-state index in [0.717, 1.165) is 25.0 Å². The Morgan fingerprint density at radius 1 is 1.23 bits per heavy atom. The second-order valence-corrected chi connectivity index (χ2v) is 7.91. The SMILES string of the molecule is CCCCC(=O)N1CCC(S(=O)(=O)c2ccc(F)cc2)CC1. The zero-order valence-corrected chi connectivity index (χ0v) is 13.6. The van der Waals surface area contributed by atoms with Crippen LogP contribution in [0.1, 0.15) is 39.0 Å². The summed E-state index contributed by atoms with van der Waals surface area (Å²) in [5.74, 6) is -0.338. The van der Waals surface area contributed by atoms with Crippen LogP contribution in [-0.4, -0.2) is 37.6 Å². The van der Waals surface area contributed by atoms with Crippen molar-refractivity contribution in [1.29, 1.82) is 0 Å². The number of unbranched alkanes of at least 4 members (excludes halogenated alkanes) is 1. The van der Waals surface area contributed by atoms with Crippen LogP contribution in [0, 0.1) is 5.82 Å². The number of sulfone groups is 1. The molecule has 1 saturated heterocycles. The van der Waals surface area contributed by atoms with Gasteiger partial charge in [-0.25, -0.2) is 12.8 Å². The Bertz CT molecular complexity index is 605. The first-order chi connectivity index (χ1) is 10.4. The predicted octanol–water partition coefficient (Wildman–Crippen LogP) is 2.78. The van der Waals surface area contributed by atoms with Crippen molar-refractivity contribution in [3.05, 3.63) is 30.1 Å². The van der Waals surface area contributed by atoms with E-state index in [4.69, 9.17) is 0 Å². The molecule has 1 aromatic rings. The maximum absolute atomic E-state index is 12.9. The van der Waals surface area contributed by atoms with E-state index in [-0.39, 0.29) is 10.8 Å². The number of nitrogens with zero attached hydrogens (tertiary/aromatic N) is 1. The number of hydrogen-bond acceptors (Lipinski definition) is 3. The monoisotopic (exact) mass is 327 g/mol. The molecule has 0 aliphatic carbocycles. The Labute approximate surface area is 131 Å². The lowest BCUT2D eigenvalue weighted by Crippen LogP contribution is -2.42. The first kappa shape index (κ1) is 16.9. The smallest absolute Gasteiger partial charge is 0.222 e. The normalized spacial score (nSPS) is 16.7. The predicted molar refractivity (Wildman–Crippen MR) is 82.7 cm³/mol. The fourth-order valence-corrected chi connectivity index (χ4v) is 4.45. The lowest BCUT2D eigenvalue weighted by molar-refractivity contribution is -0.132. The van der Waals surface area contributed by atoms with E-state index in [1.165, 1.54) is 12.1 Å². The van der Waals surface area contributed by atoms with Gasteiger partial charge in [-0.15, -0.1) is 0 Å². The molecule has 122 valence electrons. The maximum atomic E-state index is 12.9. The van der Waals surface area contributed by atoms with Gasteiger partial charge in [0.2, 0.25) is 5.91 Å². The molecule has 1 fully saturated rings. The second kappa shape index (κ2) is 7.22. The zero-order valence-electron chi connectivity index (χ0n) is 12.8. The third kappa shape index (κ3) is 3.85. The largest absolute Gasteiger partial charge is 0.343 e. The van der Waals surface area contributed by atoms with E-state index < -0.39 is 20.9 Å². The molecule has 0 atom stereocenters. The van der Waals surface area contributed by atoms with Crippen LogP contribution < -0.4 is 0 Å². The third-order valence-electron chi connectivity index (χ3n) is 4.12. The van der Waals surface area contributed by atoms with Crippen molar-refractivity contribution in [3.8, 4) is 0 Å². The van der Waals surface area contributed by atoms with Gasteiger partial charge in [-0.3, -0.25) is 4.79 Å². The lowest BCUT2D eigenvalue weighted by atomic mass is 10.1. The van der Waals surface area contributed by atoms with Gasteiger partial charge in [0, 0.05) is 19.5 Å². The molecule has 0 unspecified atom stereocenters. The van der Waals surface area contributed by atoms with Gasteiger partial charge in [0.05, 0.1) is 10.1 Å². The molecule has 4 nitrogen and oxygen atoms in total. The minimum Gasteiger partial charge on any atom is -0.343 e. The maximum Gasteiger partial charge on any atom is 0.222 e. The summed E-state index contributed by atoms with van der Waals surface area (Å²) in [6.45, 7) is 3.00. The zero-order chi connectivity index (χ0) is 16.2. The Kier molecular flexibility index (Phi) is 5.56. The number of carbonyl (C=O) groups excluding carboxylic acids is 1. The Morgan fingerprint density at radius 2 is 1.82 bits per heavy atom. The van der Waals surface area contributed by atoms with Crippen LogP contribution in [0.3, 0.4) is 0 Å². The van der Waals surface area contributed by atoms with Crippen LogP contribution in [0.25, 0.3) is 0 Å². The number of hydrogen-bond donors (Lipinski definition) is 0. The average Bonchev–Trinajstić information content (AvgIpc) is 2.53. The van der Waals surface area contributed by atoms with Gasteiger partial charge in [0.15, 0.2) is 9.84 Å². The van der Waals surface area contributed by atoms with Crippen molar-refractivity contribution in [1.82, 2.24) is 4.90 Å². The molecule has 0 aromatic heterocycles. The molecule has 0 saturated carbocycles. The van der Waals surface area contributed by atoms with Crippen molar-refractivity contribution in [2.24, 2.45) is 0 Å². The van der Waals surface area contributed by atoms with Gasteiger partial charge < -0.3 is 4.90 Å². The van der Waals surface area contributed by atoms with E-state index in [1.807, 2.05) is 6.92 Å². The number of halogens is 1. The van der Waals surface area contributed by atoms with Crippen molar-refractivity contribution in [2.45, 2.75) is 49.2 Å². The fourth-order valence-electron chi connectivity index (χ4n) is 2.72. The molecule has 0 spiro atoms. The summed E-state index contributed by atoms with van der Waals surface area (Å²) in [6.07, 6.45) is 3.26. The summed E-state index contributed by atoms with van der Waals surface area (Å²) < 4.78 is 38.0. The Balaban J connectivity index is 1.98. The standard InChI is InChI=1S/C16H22FNO3S/c1-2-3-4-16(19)18-11-9-15(10-12-18)22(20,21)14-7-5-13(17)6-8-14/h5-8,15H,2-4,9-12H2,1H3. The van der Waals surface area contributed by atoms with E-state index in [9.17, 15) is 17.6 Å². The van der Waals surface area contributed by atoms with E-state index in [2.05, 4.69) is 0 Å². The average molecular weight is 327 g/mol. The van der Waals surface area contributed by atoms with E-state index >= 15 is 0 Å². The van der Waals surface area contributed by atoms with Crippen LogP contribution in [0.4, 0.5) is 4.39 Å². The van der Waals surface area contributed by atoms with Crippen molar-refractivity contribution in [2.75, 3.05) is 13.1 Å². The quantitative estimate of drug-likeness (QED) is 0.782. The molecule has 0 radical (unpaired) electrons. The highest BCUT2D eigenvalue weighted by Crippen LogP contribution is 2.25. The molecule has 2 rings (SSSR count). The summed E-state index contributed by atoms with van der Waals surface area (Å²) in [5.41, 5.74) is 0. The number of carbonyl (C=O) groups is 1. The summed E-state index contributed by atoms with van der Waals surface area (Å²) in [5, 5.41) is -0.492. The van der Waals surface area contributed by atoms with Crippen LogP contribution in [0.2, 0.25) is 0 Å². The number of rotatable bonds is 5. The van der Waals surface area contributed by atoms with Gasteiger partial charge in [0.1, 0.15) is 5.82 Å². The first-order valence-electron chi connectivity index (χ1n) is 7.72. The number of likely N-dealkylation sites (tertiary alicyclic amines) is 1. The number of amides is 1. The topological polar surface area (TPSA) is 54.5 Å². The highest BCUT2D eigenvalue weighted by Gasteiger charge is 2.32. The lowest BCUT2D eigenvalue weighted by Gasteiger charge is -2.31. The van der Waals surface area contributed by atoms with Crippen LogP contribution in [-0.2, 0) is 14.6 Å².